The second kappa shape index (κ2) is 6.86. The quantitative estimate of drug-likeness (QED) is 0.798. The summed E-state index contributed by atoms with van der Waals surface area (Å²) in [6.45, 7) is 0. The highest BCUT2D eigenvalue weighted by Crippen LogP contribution is 2.32. The van der Waals surface area contributed by atoms with Crippen LogP contribution in [0.15, 0.2) is 35.2 Å². The first-order valence-corrected chi connectivity index (χ1v) is 9.89. The predicted molar refractivity (Wildman–Crippen MR) is 97.3 cm³/mol. The standard InChI is InChI=1S/C17H15Cl2NO4S/c18-11-7-12(19)9-13(8-11)25(23,24)20-15-6-5-10-3-1-2-4-14(10)16(15)17(21)22/h5-9,20H,1-4H2,(H,21,22). The van der Waals surface area contributed by atoms with Gasteiger partial charge in [-0.15, -0.1) is 0 Å². The van der Waals surface area contributed by atoms with Gasteiger partial charge in [0.25, 0.3) is 10.0 Å². The number of anilines is 1. The van der Waals surface area contributed by atoms with Crippen molar-refractivity contribution in [1.29, 1.82) is 0 Å². The van der Waals surface area contributed by atoms with Crippen LogP contribution >= 0.6 is 23.2 Å². The van der Waals surface area contributed by atoms with E-state index in [1.807, 2.05) is 0 Å². The molecule has 0 fully saturated rings. The van der Waals surface area contributed by atoms with Crippen molar-refractivity contribution >= 4 is 44.9 Å². The summed E-state index contributed by atoms with van der Waals surface area (Å²) >= 11 is 11.7. The number of carboxylic acid groups (broad SMARTS) is 1. The smallest absolute Gasteiger partial charge is 0.338 e. The van der Waals surface area contributed by atoms with E-state index in [1.165, 1.54) is 24.3 Å². The number of halogens is 2. The molecule has 0 radical (unpaired) electrons. The Morgan fingerprint density at radius 3 is 2.32 bits per heavy atom. The van der Waals surface area contributed by atoms with Crippen molar-refractivity contribution in [1.82, 2.24) is 0 Å². The van der Waals surface area contributed by atoms with E-state index in [-0.39, 0.29) is 26.2 Å². The largest absolute Gasteiger partial charge is 0.478 e. The molecular weight excluding hydrogens is 385 g/mol. The highest BCUT2D eigenvalue weighted by molar-refractivity contribution is 7.92. The van der Waals surface area contributed by atoms with E-state index in [0.29, 0.717) is 12.0 Å². The third-order valence-corrected chi connectivity index (χ3v) is 5.92. The van der Waals surface area contributed by atoms with Crippen LogP contribution in [0.4, 0.5) is 5.69 Å². The maximum atomic E-state index is 12.6. The molecular formula is C17H15Cl2NO4S. The molecule has 5 nitrogen and oxygen atoms in total. The molecule has 2 aromatic rings. The van der Waals surface area contributed by atoms with Gasteiger partial charge in [0.1, 0.15) is 0 Å². The first kappa shape index (κ1) is 18.0. The molecule has 0 unspecified atom stereocenters. The van der Waals surface area contributed by atoms with E-state index in [4.69, 9.17) is 23.2 Å². The van der Waals surface area contributed by atoms with Gasteiger partial charge in [0, 0.05) is 10.0 Å². The number of benzene rings is 2. The Hall–Kier alpha value is -1.76. The zero-order chi connectivity index (χ0) is 18.2. The summed E-state index contributed by atoms with van der Waals surface area (Å²) in [5.74, 6) is -1.15. The van der Waals surface area contributed by atoms with Crippen LogP contribution in [0.3, 0.4) is 0 Å². The fraction of sp³-hybridized carbons (Fsp3) is 0.235. The van der Waals surface area contributed by atoms with Crippen molar-refractivity contribution in [2.75, 3.05) is 4.72 Å². The molecule has 25 heavy (non-hydrogen) atoms. The van der Waals surface area contributed by atoms with E-state index in [2.05, 4.69) is 4.72 Å². The van der Waals surface area contributed by atoms with Crippen molar-refractivity contribution < 1.29 is 18.3 Å². The summed E-state index contributed by atoms with van der Waals surface area (Å²) in [7, 11) is -4.02. The van der Waals surface area contributed by atoms with Crippen molar-refractivity contribution in [3.63, 3.8) is 0 Å². The first-order valence-electron chi connectivity index (χ1n) is 7.65. The summed E-state index contributed by atoms with van der Waals surface area (Å²) in [5.41, 5.74) is 1.71. The third-order valence-electron chi connectivity index (χ3n) is 4.14. The Labute approximate surface area is 155 Å². The van der Waals surface area contributed by atoms with Gasteiger partial charge in [-0.25, -0.2) is 13.2 Å². The second-order valence-corrected chi connectivity index (χ2v) is 8.40. The number of nitrogens with one attached hydrogen (secondary N) is 1. The molecule has 2 aromatic carbocycles. The van der Waals surface area contributed by atoms with E-state index < -0.39 is 16.0 Å². The lowest BCUT2D eigenvalue weighted by molar-refractivity contribution is 0.0696. The maximum Gasteiger partial charge on any atom is 0.338 e. The molecule has 0 bridgehead atoms. The maximum absolute atomic E-state index is 12.6. The molecule has 0 aliphatic heterocycles. The van der Waals surface area contributed by atoms with Crippen molar-refractivity contribution in [2.45, 2.75) is 30.6 Å². The van der Waals surface area contributed by atoms with Crippen molar-refractivity contribution in [2.24, 2.45) is 0 Å². The van der Waals surface area contributed by atoms with Gasteiger partial charge in [0.2, 0.25) is 0 Å². The highest BCUT2D eigenvalue weighted by Gasteiger charge is 2.24. The molecule has 132 valence electrons. The fourth-order valence-electron chi connectivity index (χ4n) is 3.04. The number of hydrogen-bond acceptors (Lipinski definition) is 3. The molecule has 0 heterocycles. The molecule has 2 N–H and O–H groups in total. The van der Waals surface area contributed by atoms with Gasteiger partial charge in [-0.05, 0) is 61.1 Å². The summed E-state index contributed by atoms with van der Waals surface area (Å²) in [6, 6.07) is 7.22. The number of carboxylic acids is 1. The van der Waals surface area contributed by atoms with Gasteiger partial charge in [-0.1, -0.05) is 29.3 Å². The minimum absolute atomic E-state index is 0.00824. The molecule has 0 aromatic heterocycles. The van der Waals surface area contributed by atoms with Crippen LogP contribution in [-0.2, 0) is 22.9 Å². The van der Waals surface area contributed by atoms with E-state index >= 15 is 0 Å². The molecule has 1 aliphatic rings. The lowest BCUT2D eigenvalue weighted by Crippen LogP contribution is -2.18. The lowest BCUT2D eigenvalue weighted by Gasteiger charge is -2.20. The molecule has 8 heteroatoms. The molecule has 0 saturated heterocycles. The molecule has 0 atom stereocenters. The summed E-state index contributed by atoms with van der Waals surface area (Å²) in [5, 5.41) is 9.96. The predicted octanol–water partition coefficient (Wildman–Crippen LogP) is 4.37. The number of hydrogen-bond donors (Lipinski definition) is 2. The van der Waals surface area contributed by atoms with Crippen LogP contribution in [0, 0.1) is 0 Å². The zero-order valence-electron chi connectivity index (χ0n) is 13.1. The van der Waals surface area contributed by atoms with Crippen LogP contribution < -0.4 is 4.72 Å². The van der Waals surface area contributed by atoms with E-state index in [9.17, 15) is 18.3 Å². The summed E-state index contributed by atoms with van der Waals surface area (Å²) in [6.07, 6.45) is 3.30. The average molecular weight is 400 g/mol. The van der Waals surface area contributed by atoms with Crippen molar-refractivity contribution in [3.8, 4) is 0 Å². The van der Waals surface area contributed by atoms with Gasteiger partial charge in [-0.3, -0.25) is 4.72 Å². The van der Waals surface area contributed by atoms with Crippen LogP contribution in [-0.4, -0.2) is 19.5 Å². The summed E-state index contributed by atoms with van der Waals surface area (Å²) in [4.78, 5) is 11.6. The third kappa shape index (κ3) is 3.76. The van der Waals surface area contributed by atoms with Crippen LogP contribution in [0.2, 0.25) is 10.0 Å². The minimum Gasteiger partial charge on any atom is -0.478 e. The van der Waals surface area contributed by atoms with Gasteiger partial charge in [-0.2, -0.15) is 0 Å². The number of rotatable bonds is 4. The lowest BCUT2D eigenvalue weighted by atomic mass is 9.87. The highest BCUT2D eigenvalue weighted by atomic mass is 35.5. The van der Waals surface area contributed by atoms with Crippen LogP contribution in [0.5, 0.6) is 0 Å². The van der Waals surface area contributed by atoms with Gasteiger partial charge >= 0.3 is 5.97 Å². The topological polar surface area (TPSA) is 83.5 Å². The minimum atomic E-state index is -4.02. The van der Waals surface area contributed by atoms with Gasteiger partial charge in [0.05, 0.1) is 16.1 Å². The molecule has 0 spiro atoms. The Morgan fingerprint density at radius 1 is 1.04 bits per heavy atom. The number of carbonyl (C=O) groups is 1. The Balaban J connectivity index is 2.06. The Bertz CT molecular complexity index is 937. The van der Waals surface area contributed by atoms with Crippen LogP contribution in [0.1, 0.15) is 34.3 Å². The molecule has 0 saturated carbocycles. The van der Waals surface area contributed by atoms with Gasteiger partial charge < -0.3 is 5.11 Å². The second-order valence-electron chi connectivity index (χ2n) is 5.85. The number of aryl methyl sites for hydroxylation is 1. The fourth-order valence-corrected chi connectivity index (χ4v) is 4.84. The average Bonchev–Trinajstić information content (AvgIpc) is 2.53. The number of sulfonamides is 1. The Kier molecular flexibility index (Phi) is 4.95. The first-order chi connectivity index (χ1) is 11.8. The van der Waals surface area contributed by atoms with Crippen molar-refractivity contribution in [3.05, 3.63) is 57.1 Å². The normalized spacial score (nSPS) is 14.0. The summed E-state index contributed by atoms with van der Waals surface area (Å²) < 4.78 is 27.6. The number of aromatic carboxylic acids is 1. The molecule has 0 amide bonds. The van der Waals surface area contributed by atoms with E-state index in [0.717, 1.165) is 24.8 Å². The monoisotopic (exact) mass is 399 g/mol. The SMILES string of the molecule is O=C(O)c1c(NS(=O)(=O)c2cc(Cl)cc(Cl)c2)ccc2c1CCCC2. The van der Waals surface area contributed by atoms with Crippen LogP contribution in [0.25, 0.3) is 0 Å². The van der Waals surface area contributed by atoms with Gasteiger partial charge in [0.15, 0.2) is 0 Å². The number of fused-ring (bicyclic) bond motifs is 1. The molecule has 1 aliphatic carbocycles. The Morgan fingerprint density at radius 2 is 1.68 bits per heavy atom. The zero-order valence-corrected chi connectivity index (χ0v) is 15.4. The van der Waals surface area contributed by atoms with E-state index in [1.54, 1.807) is 6.07 Å². The molecule has 3 rings (SSSR count).